The number of aryl methyl sites for hydroxylation is 2. The average molecular weight is 251 g/mol. The van der Waals surface area contributed by atoms with Crippen LogP contribution in [-0.4, -0.2) is 11.7 Å². The van der Waals surface area contributed by atoms with Gasteiger partial charge in [0.2, 0.25) is 0 Å². The van der Waals surface area contributed by atoms with Crippen molar-refractivity contribution in [2.45, 2.75) is 13.8 Å². The highest BCUT2D eigenvalue weighted by atomic mass is 16.5. The maximum Gasteiger partial charge on any atom is 0.143 e. The van der Waals surface area contributed by atoms with E-state index >= 15 is 0 Å². The van der Waals surface area contributed by atoms with Crippen LogP contribution in [0.5, 0.6) is 5.75 Å². The molecule has 0 saturated carbocycles. The fourth-order valence-corrected chi connectivity index (χ4v) is 2.65. The monoisotopic (exact) mass is 251 g/mol. The van der Waals surface area contributed by atoms with Crippen LogP contribution in [0.4, 0.5) is 0 Å². The molecule has 19 heavy (non-hydrogen) atoms. The van der Waals surface area contributed by atoms with Crippen LogP contribution < -0.4 is 4.74 Å². The molecule has 0 radical (unpaired) electrons. The van der Waals surface area contributed by atoms with Gasteiger partial charge in [0.15, 0.2) is 0 Å². The summed E-state index contributed by atoms with van der Waals surface area (Å²) in [5.74, 6) is 0.904. The molecule has 0 fully saturated rings. The van der Waals surface area contributed by atoms with E-state index in [-0.39, 0.29) is 0 Å². The Hall–Kier alpha value is -2.22. The van der Waals surface area contributed by atoms with E-state index in [4.69, 9.17) is 4.74 Å². The standard InChI is InChI=1S/C17H17NO/c1-12-8-9-13(2)18(12)17-15-7-5-4-6-14(15)10-11-16(17)19-3/h4-11H,1-3H3. The van der Waals surface area contributed by atoms with Crippen molar-refractivity contribution in [2.24, 2.45) is 0 Å². The van der Waals surface area contributed by atoms with E-state index in [1.807, 2.05) is 6.07 Å². The molecular weight excluding hydrogens is 234 g/mol. The molecule has 0 aliphatic carbocycles. The molecule has 0 N–H and O–H groups in total. The van der Waals surface area contributed by atoms with Gasteiger partial charge >= 0.3 is 0 Å². The molecule has 2 aromatic carbocycles. The summed E-state index contributed by atoms with van der Waals surface area (Å²) in [6, 6.07) is 16.8. The Labute approximate surface area is 113 Å². The minimum Gasteiger partial charge on any atom is -0.495 e. The number of benzene rings is 2. The first-order chi connectivity index (χ1) is 9.22. The average Bonchev–Trinajstić information content (AvgIpc) is 2.77. The van der Waals surface area contributed by atoms with E-state index in [1.165, 1.54) is 22.2 Å². The predicted molar refractivity (Wildman–Crippen MR) is 79.3 cm³/mol. The van der Waals surface area contributed by atoms with Crippen LogP contribution in [0.3, 0.4) is 0 Å². The van der Waals surface area contributed by atoms with Crippen molar-refractivity contribution in [3.63, 3.8) is 0 Å². The van der Waals surface area contributed by atoms with Crippen molar-refractivity contribution in [2.75, 3.05) is 7.11 Å². The number of hydrogen-bond acceptors (Lipinski definition) is 1. The van der Waals surface area contributed by atoms with Crippen LogP contribution in [0.1, 0.15) is 11.4 Å². The van der Waals surface area contributed by atoms with Crippen LogP contribution in [0, 0.1) is 13.8 Å². The summed E-state index contributed by atoms with van der Waals surface area (Å²) in [6.45, 7) is 4.24. The van der Waals surface area contributed by atoms with E-state index < -0.39 is 0 Å². The Morgan fingerprint density at radius 1 is 0.842 bits per heavy atom. The number of hydrogen-bond donors (Lipinski definition) is 0. The van der Waals surface area contributed by atoms with Crippen molar-refractivity contribution >= 4 is 10.8 Å². The van der Waals surface area contributed by atoms with Crippen molar-refractivity contribution < 1.29 is 4.74 Å². The predicted octanol–water partition coefficient (Wildman–Crippen LogP) is 4.26. The summed E-state index contributed by atoms with van der Waals surface area (Å²) in [6.07, 6.45) is 0. The van der Waals surface area contributed by atoms with Gasteiger partial charge in [-0.15, -0.1) is 0 Å². The lowest BCUT2D eigenvalue weighted by molar-refractivity contribution is 0.413. The zero-order valence-corrected chi connectivity index (χ0v) is 11.5. The van der Waals surface area contributed by atoms with Gasteiger partial charge in [0, 0.05) is 16.8 Å². The van der Waals surface area contributed by atoms with E-state index in [1.54, 1.807) is 7.11 Å². The zero-order chi connectivity index (χ0) is 13.4. The Morgan fingerprint density at radius 2 is 1.53 bits per heavy atom. The lowest BCUT2D eigenvalue weighted by atomic mass is 10.1. The number of rotatable bonds is 2. The first kappa shape index (κ1) is 11.8. The van der Waals surface area contributed by atoms with E-state index in [9.17, 15) is 0 Å². The molecule has 2 nitrogen and oxygen atoms in total. The van der Waals surface area contributed by atoms with Crippen molar-refractivity contribution in [1.29, 1.82) is 0 Å². The van der Waals surface area contributed by atoms with Crippen LogP contribution in [0.25, 0.3) is 16.5 Å². The molecule has 0 unspecified atom stereocenters. The smallest absolute Gasteiger partial charge is 0.143 e. The van der Waals surface area contributed by atoms with Crippen molar-refractivity contribution in [1.82, 2.24) is 4.57 Å². The van der Waals surface area contributed by atoms with Crippen LogP contribution in [0.2, 0.25) is 0 Å². The normalized spacial score (nSPS) is 10.9. The van der Waals surface area contributed by atoms with Gasteiger partial charge in [0.05, 0.1) is 12.8 Å². The Bertz CT molecular complexity index is 721. The summed E-state index contributed by atoms with van der Waals surface area (Å²) in [5.41, 5.74) is 3.56. The van der Waals surface area contributed by atoms with Gasteiger partial charge in [-0.1, -0.05) is 30.3 Å². The number of ether oxygens (including phenoxy) is 1. The molecule has 2 heteroatoms. The van der Waals surface area contributed by atoms with E-state index in [0.29, 0.717) is 0 Å². The summed E-state index contributed by atoms with van der Waals surface area (Å²) in [4.78, 5) is 0. The fraction of sp³-hybridized carbons (Fsp3) is 0.176. The largest absolute Gasteiger partial charge is 0.495 e. The Balaban J connectivity index is 2.44. The van der Waals surface area contributed by atoms with Gasteiger partial charge in [-0.05, 0) is 37.4 Å². The highest BCUT2D eigenvalue weighted by Gasteiger charge is 2.13. The molecule has 3 rings (SSSR count). The highest BCUT2D eigenvalue weighted by molar-refractivity contribution is 5.93. The van der Waals surface area contributed by atoms with E-state index in [2.05, 4.69) is 60.9 Å². The number of fused-ring (bicyclic) bond motifs is 1. The minimum absolute atomic E-state index is 0.904. The van der Waals surface area contributed by atoms with Crippen LogP contribution >= 0.6 is 0 Å². The molecular formula is C17H17NO. The third kappa shape index (κ3) is 1.80. The second-order valence-corrected chi connectivity index (χ2v) is 4.79. The molecule has 0 spiro atoms. The van der Waals surface area contributed by atoms with Gasteiger partial charge in [-0.3, -0.25) is 0 Å². The molecule has 3 aromatic rings. The SMILES string of the molecule is COc1ccc2ccccc2c1-n1c(C)ccc1C. The van der Waals surface area contributed by atoms with Gasteiger partial charge in [-0.25, -0.2) is 0 Å². The number of nitrogens with zero attached hydrogens (tertiary/aromatic N) is 1. The van der Waals surface area contributed by atoms with Gasteiger partial charge in [0.1, 0.15) is 5.75 Å². The van der Waals surface area contributed by atoms with Gasteiger partial charge in [-0.2, -0.15) is 0 Å². The first-order valence-electron chi connectivity index (χ1n) is 6.43. The van der Waals surface area contributed by atoms with Gasteiger partial charge in [0.25, 0.3) is 0 Å². The molecule has 1 heterocycles. The summed E-state index contributed by atoms with van der Waals surface area (Å²) in [7, 11) is 1.72. The second kappa shape index (κ2) is 4.47. The topological polar surface area (TPSA) is 14.2 Å². The summed E-state index contributed by atoms with van der Waals surface area (Å²) < 4.78 is 7.82. The minimum atomic E-state index is 0.904. The van der Waals surface area contributed by atoms with E-state index in [0.717, 1.165) is 11.4 Å². The third-order valence-electron chi connectivity index (χ3n) is 3.58. The lowest BCUT2D eigenvalue weighted by Gasteiger charge is -2.16. The van der Waals surface area contributed by atoms with Crippen molar-refractivity contribution in [3.8, 4) is 11.4 Å². The maximum absolute atomic E-state index is 5.57. The Morgan fingerprint density at radius 3 is 2.21 bits per heavy atom. The molecule has 96 valence electrons. The number of aromatic nitrogens is 1. The molecule has 1 aromatic heterocycles. The zero-order valence-electron chi connectivity index (χ0n) is 11.5. The Kier molecular flexibility index (Phi) is 2.79. The molecule has 0 saturated heterocycles. The quantitative estimate of drug-likeness (QED) is 0.664. The second-order valence-electron chi connectivity index (χ2n) is 4.79. The van der Waals surface area contributed by atoms with Crippen LogP contribution in [-0.2, 0) is 0 Å². The summed E-state index contributed by atoms with van der Waals surface area (Å²) >= 11 is 0. The molecule has 0 bridgehead atoms. The summed E-state index contributed by atoms with van der Waals surface area (Å²) in [5, 5.41) is 2.44. The fourth-order valence-electron chi connectivity index (χ4n) is 2.65. The number of methoxy groups -OCH3 is 1. The van der Waals surface area contributed by atoms with Gasteiger partial charge < -0.3 is 9.30 Å². The third-order valence-corrected chi connectivity index (χ3v) is 3.58. The molecule has 0 aliphatic heterocycles. The lowest BCUT2D eigenvalue weighted by Crippen LogP contribution is -2.02. The van der Waals surface area contributed by atoms with Crippen LogP contribution in [0.15, 0.2) is 48.5 Å². The maximum atomic E-state index is 5.57. The first-order valence-corrected chi connectivity index (χ1v) is 6.43. The molecule has 0 amide bonds. The molecule has 0 atom stereocenters. The van der Waals surface area contributed by atoms with Crippen molar-refractivity contribution in [3.05, 3.63) is 59.9 Å². The highest BCUT2D eigenvalue weighted by Crippen LogP contribution is 2.33. The molecule has 0 aliphatic rings.